The number of amides is 4. The molecule has 6 rings (SSSR count). The van der Waals surface area contributed by atoms with E-state index in [1.807, 2.05) is 34.1 Å². The molecule has 4 N–H and O–H groups in total. The van der Waals surface area contributed by atoms with Crippen LogP contribution < -0.4 is 5.32 Å². The Morgan fingerprint density at radius 2 is 1.54 bits per heavy atom. The van der Waals surface area contributed by atoms with Gasteiger partial charge in [0, 0.05) is 56.4 Å². The number of hydrogen-bond donors (Lipinski definition) is 4. The molecule has 50 heavy (non-hydrogen) atoms. The van der Waals surface area contributed by atoms with Crippen LogP contribution in [0.1, 0.15) is 56.1 Å². The third-order valence-corrected chi connectivity index (χ3v) is 12.4. The zero-order valence-electron chi connectivity index (χ0n) is 28.0. The first-order chi connectivity index (χ1) is 24.0. The summed E-state index contributed by atoms with van der Waals surface area (Å²) in [5, 5.41) is 33.0. The van der Waals surface area contributed by atoms with Crippen molar-refractivity contribution in [2.24, 2.45) is 11.8 Å². The number of carbonyl (C=O) groups excluding carboxylic acids is 2. The molecular weight excluding hydrogens is 774 g/mol. The van der Waals surface area contributed by atoms with Crippen molar-refractivity contribution in [3.05, 3.63) is 56.5 Å². The number of carbonyl (C=O) groups is 4. The molecule has 3 saturated heterocycles. The molecule has 3 fully saturated rings. The Hall–Kier alpha value is -3.36. The van der Waals surface area contributed by atoms with Gasteiger partial charge in [0.1, 0.15) is 5.75 Å². The Kier molecular flexibility index (Phi) is 11.6. The summed E-state index contributed by atoms with van der Waals surface area (Å²) in [7, 11) is 0. The Balaban J connectivity index is 1.21. The minimum absolute atomic E-state index is 0.0451. The van der Waals surface area contributed by atoms with Crippen LogP contribution in [-0.2, 0) is 22.4 Å². The summed E-state index contributed by atoms with van der Waals surface area (Å²) in [5.41, 5.74) is 2.60. The van der Waals surface area contributed by atoms with Gasteiger partial charge in [0.05, 0.1) is 14.9 Å². The van der Waals surface area contributed by atoms with Gasteiger partial charge in [0.2, 0.25) is 5.91 Å². The van der Waals surface area contributed by atoms with Crippen molar-refractivity contribution in [3.8, 4) is 5.75 Å². The van der Waals surface area contributed by atoms with Gasteiger partial charge < -0.3 is 40.2 Å². The zero-order chi connectivity index (χ0) is 35.5. The summed E-state index contributed by atoms with van der Waals surface area (Å²) in [5.74, 6) is -1.31. The number of likely N-dealkylation sites (tertiary alicyclic amines) is 3. The molecule has 0 aliphatic carbocycles. The number of fused-ring (bicyclic) bond motifs is 1. The Morgan fingerprint density at radius 1 is 0.880 bits per heavy atom. The van der Waals surface area contributed by atoms with Gasteiger partial charge in [-0.25, -0.2) is 9.59 Å². The lowest BCUT2D eigenvalue weighted by Crippen LogP contribution is -2.59. The van der Waals surface area contributed by atoms with Crippen LogP contribution >= 0.6 is 31.9 Å². The highest BCUT2D eigenvalue weighted by Gasteiger charge is 2.44. The summed E-state index contributed by atoms with van der Waals surface area (Å²) in [6.45, 7) is 3.51. The van der Waals surface area contributed by atoms with Gasteiger partial charge >= 0.3 is 18.1 Å². The van der Waals surface area contributed by atoms with E-state index in [4.69, 9.17) is 0 Å². The summed E-state index contributed by atoms with van der Waals surface area (Å²) in [6.07, 6.45) is 4.16. The average Bonchev–Trinajstić information content (AvgIpc) is 3.27. The van der Waals surface area contributed by atoms with E-state index in [0.717, 1.165) is 55.6 Å². The molecule has 270 valence electrons. The van der Waals surface area contributed by atoms with E-state index in [2.05, 4.69) is 42.1 Å². The van der Waals surface area contributed by atoms with Crippen LogP contribution in [0.4, 0.5) is 15.3 Å². The van der Waals surface area contributed by atoms with Crippen LogP contribution in [0.2, 0.25) is 0 Å². The summed E-state index contributed by atoms with van der Waals surface area (Å²) in [4.78, 5) is 59.6. The molecule has 0 spiro atoms. The number of rotatable bonds is 8. The van der Waals surface area contributed by atoms with Gasteiger partial charge in [-0.2, -0.15) is 0 Å². The van der Waals surface area contributed by atoms with Crippen molar-refractivity contribution in [2.45, 2.75) is 75.9 Å². The number of benzene rings is 2. The van der Waals surface area contributed by atoms with Crippen molar-refractivity contribution in [1.29, 1.82) is 0 Å². The topological polar surface area (TPSA) is 154 Å². The Morgan fingerprint density at radius 3 is 2.20 bits per heavy atom. The number of phenols is 1. The fourth-order valence-electron chi connectivity index (χ4n) is 8.45. The van der Waals surface area contributed by atoms with Gasteiger partial charge in [0.15, 0.2) is 0 Å². The number of halogens is 2. The average molecular weight is 820 g/mol. The molecule has 4 aliphatic heterocycles. The number of piperidine rings is 3. The van der Waals surface area contributed by atoms with Crippen molar-refractivity contribution in [1.82, 2.24) is 19.6 Å². The van der Waals surface area contributed by atoms with Crippen LogP contribution in [0.25, 0.3) is 0 Å². The molecule has 0 aromatic heterocycles. The minimum Gasteiger partial charge on any atom is -0.506 e. The van der Waals surface area contributed by atoms with Gasteiger partial charge in [-0.15, -0.1) is 0 Å². The fourth-order valence-corrected chi connectivity index (χ4v) is 9.73. The standard InChI is InChI=1S/C36H45Br2N5O7/c37-28-18-23(19-29(38)33(28)46)17-27(34(47)41-13-8-25(9-14-41)40-11-5-22(6-12-40)20-32(44)45)31-21-26(10-16-43(31)36(49)50)42-15-7-24-3-1-2-4-30(24)39-35(42)48/h1-4,18-19,22,25-27,31,46H,5-17,20-21H2,(H,39,48)(H,44,45)(H,49,50)/t26?,27?,31-/m1/s1. The van der Waals surface area contributed by atoms with Crippen molar-refractivity contribution >= 4 is 61.5 Å². The number of hydrogen-bond acceptors (Lipinski definition) is 6. The van der Waals surface area contributed by atoms with Crippen LogP contribution in [0, 0.1) is 11.8 Å². The van der Waals surface area contributed by atoms with Crippen molar-refractivity contribution < 1.29 is 34.5 Å². The number of urea groups is 1. The lowest BCUT2D eigenvalue weighted by Gasteiger charge is -2.46. The highest BCUT2D eigenvalue weighted by molar-refractivity contribution is 9.11. The molecule has 2 aromatic carbocycles. The third-order valence-electron chi connectivity index (χ3n) is 11.2. The summed E-state index contributed by atoms with van der Waals surface area (Å²) in [6, 6.07) is 10.4. The van der Waals surface area contributed by atoms with Gasteiger partial charge in [-0.1, -0.05) is 18.2 Å². The second-order valence-electron chi connectivity index (χ2n) is 14.1. The normalized spacial score (nSPS) is 23.2. The highest BCUT2D eigenvalue weighted by atomic mass is 79.9. The van der Waals surface area contributed by atoms with Gasteiger partial charge in [-0.05, 0) is 132 Å². The van der Waals surface area contributed by atoms with E-state index in [1.165, 1.54) is 4.90 Å². The van der Waals surface area contributed by atoms with Crippen LogP contribution in [0.5, 0.6) is 5.75 Å². The summed E-state index contributed by atoms with van der Waals surface area (Å²) >= 11 is 6.83. The highest BCUT2D eigenvalue weighted by Crippen LogP contribution is 2.37. The van der Waals surface area contributed by atoms with E-state index in [1.54, 1.807) is 12.1 Å². The maximum absolute atomic E-state index is 14.7. The molecule has 0 saturated carbocycles. The molecule has 4 aliphatic rings. The van der Waals surface area contributed by atoms with Crippen LogP contribution in [0.15, 0.2) is 45.3 Å². The minimum atomic E-state index is -1.09. The Bertz CT molecular complexity index is 1570. The number of phenolic OH excluding ortho intramolecular Hbond substituents is 1. The third kappa shape index (κ3) is 8.23. The zero-order valence-corrected chi connectivity index (χ0v) is 31.1. The fraction of sp³-hybridized carbons (Fsp3) is 0.556. The quantitative estimate of drug-likeness (QED) is 0.259. The predicted octanol–water partition coefficient (Wildman–Crippen LogP) is 5.85. The molecule has 3 atom stereocenters. The van der Waals surface area contributed by atoms with E-state index in [0.29, 0.717) is 53.9 Å². The van der Waals surface area contributed by atoms with Crippen LogP contribution in [-0.4, -0.2) is 116 Å². The maximum Gasteiger partial charge on any atom is 0.407 e. The summed E-state index contributed by atoms with van der Waals surface area (Å²) < 4.78 is 0.942. The van der Waals surface area contributed by atoms with Crippen molar-refractivity contribution in [2.75, 3.05) is 44.6 Å². The molecule has 2 aromatic rings. The SMILES string of the molecule is O=C(O)CC1CCN(C2CCN(C(=O)C(Cc3cc(Br)c(O)c(Br)c3)[C@H]3CC(N4CCc5ccccc5NC4=O)CCN3C(=O)O)CC2)CC1. The van der Waals surface area contributed by atoms with E-state index in [-0.39, 0.29) is 49.0 Å². The lowest BCUT2D eigenvalue weighted by atomic mass is 9.82. The number of nitrogens with one attached hydrogen (secondary N) is 1. The predicted molar refractivity (Wildman–Crippen MR) is 194 cm³/mol. The number of carboxylic acid groups (broad SMARTS) is 2. The molecule has 4 heterocycles. The number of aromatic hydroxyl groups is 1. The van der Waals surface area contributed by atoms with E-state index < -0.39 is 24.0 Å². The maximum atomic E-state index is 14.7. The molecule has 0 bridgehead atoms. The molecule has 14 heteroatoms. The Labute approximate surface area is 309 Å². The van der Waals surface area contributed by atoms with Gasteiger partial charge in [-0.3, -0.25) is 9.59 Å². The smallest absolute Gasteiger partial charge is 0.407 e. The molecular formula is C36H45Br2N5O7. The van der Waals surface area contributed by atoms with Crippen molar-refractivity contribution in [3.63, 3.8) is 0 Å². The van der Waals surface area contributed by atoms with Crippen LogP contribution in [0.3, 0.4) is 0 Å². The molecule has 2 unspecified atom stereocenters. The largest absolute Gasteiger partial charge is 0.506 e. The number of anilines is 1. The lowest BCUT2D eigenvalue weighted by molar-refractivity contribution is -0.140. The first-order valence-corrected chi connectivity index (χ1v) is 19.1. The number of nitrogens with zero attached hydrogens (tertiary/aromatic N) is 4. The number of carboxylic acids is 1. The van der Waals surface area contributed by atoms with E-state index >= 15 is 0 Å². The first kappa shape index (κ1) is 36.4. The molecule has 12 nitrogen and oxygen atoms in total. The number of para-hydroxylation sites is 1. The monoisotopic (exact) mass is 817 g/mol. The molecule has 0 radical (unpaired) electrons. The van der Waals surface area contributed by atoms with E-state index in [9.17, 15) is 34.5 Å². The molecule has 4 amide bonds. The number of aliphatic carboxylic acids is 1. The second kappa shape index (κ2) is 15.9. The van der Waals surface area contributed by atoms with Gasteiger partial charge in [0.25, 0.3) is 0 Å². The first-order valence-electron chi connectivity index (χ1n) is 17.5. The second-order valence-corrected chi connectivity index (χ2v) is 15.8.